The molecule has 20 heavy (non-hydrogen) atoms. The minimum atomic E-state index is -4.09. The van der Waals surface area contributed by atoms with E-state index in [-0.39, 0.29) is 0 Å². The zero-order chi connectivity index (χ0) is 14.8. The third kappa shape index (κ3) is 3.34. The van der Waals surface area contributed by atoms with Gasteiger partial charge in [-0.25, -0.2) is 17.2 Å². The minimum Gasteiger partial charge on any atom is -0.280 e. The Morgan fingerprint density at radius 2 is 1.85 bits per heavy atom. The van der Waals surface area contributed by atoms with Crippen molar-refractivity contribution >= 4 is 31.6 Å². The van der Waals surface area contributed by atoms with Gasteiger partial charge in [-0.1, -0.05) is 28.1 Å². The van der Waals surface area contributed by atoms with Gasteiger partial charge in [-0.3, -0.25) is 4.72 Å². The lowest BCUT2D eigenvalue weighted by Crippen LogP contribution is -2.14. The number of sulfonamides is 1. The average molecular weight is 362 g/mol. The van der Waals surface area contributed by atoms with Crippen LogP contribution < -0.4 is 4.72 Å². The smallest absolute Gasteiger partial charge is 0.264 e. The minimum absolute atomic E-state index is 0.311. The normalized spacial score (nSPS) is 11.3. The summed E-state index contributed by atoms with van der Waals surface area (Å²) in [4.78, 5) is -0.594. The van der Waals surface area contributed by atoms with Gasteiger partial charge in [-0.15, -0.1) is 0 Å². The summed E-state index contributed by atoms with van der Waals surface area (Å²) in [5, 5.41) is 0.563. The van der Waals surface area contributed by atoms with Gasteiger partial charge in [0.25, 0.3) is 10.0 Å². The van der Waals surface area contributed by atoms with Gasteiger partial charge < -0.3 is 0 Å². The first kappa shape index (κ1) is 14.9. The van der Waals surface area contributed by atoms with Crippen molar-refractivity contribution in [3.63, 3.8) is 0 Å². The molecular weight excluding hydrogens is 352 g/mol. The van der Waals surface area contributed by atoms with E-state index >= 15 is 0 Å². The van der Waals surface area contributed by atoms with Gasteiger partial charge in [0, 0.05) is 17.1 Å². The van der Waals surface area contributed by atoms with Crippen LogP contribution >= 0.6 is 15.9 Å². The number of rotatable bonds is 4. The fourth-order valence-electron chi connectivity index (χ4n) is 1.62. The van der Waals surface area contributed by atoms with Crippen LogP contribution in [0.4, 0.5) is 14.5 Å². The standard InChI is InChI=1S/C13H10BrF2NO2S/c14-8-9-2-1-3-11(6-9)17-20(18,19)13-5-4-10(15)7-12(13)16/h1-7,17H,8H2. The molecule has 3 nitrogen and oxygen atoms in total. The van der Waals surface area contributed by atoms with E-state index in [0.717, 1.165) is 17.7 Å². The van der Waals surface area contributed by atoms with Crippen LogP contribution in [-0.4, -0.2) is 8.42 Å². The summed E-state index contributed by atoms with van der Waals surface area (Å²) in [6, 6.07) is 8.97. The number of alkyl halides is 1. The highest BCUT2D eigenvalue weighted by molar-refractivity contribution is 9.08. The van der Waals surface area contributed by atoms with Crippen molar-refractivity contribution in [2.75, 3.05) is 4.72 Å². The number of nitrogens with one attached hydrogen (secondary N) is 1. The molecule has 1 N–H and O–H groups in total. The highest BCUT2D eigenvalue weighted by Crippen LogP contribution is 2.20. The number of benzene rings is 2. The van der Waals surface area contributed by atoms with Crippen molar-refractivity contribution in [1.82, 2.24) is 0 Å². The first-order valence-electron chi connectivity index (χ1n) is 5.55. The van der Waals surface area contributed by atoms with Crippen molar-refractivity contribution in [2.45, 2.75) is 10.2 Å². The SMILES string of the molecule is O=S(=O)(Nc1cccc(CBr)c1)c1ccc(F)cc1F. The molecule has 2 rings (SSSR count). The molecular formula is C13H10BrF2NO2S. The predicted octanol–water partition coefficient (Wildman–Crippen LogP) is 3.66. The maximum atomic E-state index is 13.5. The molecule has 2 aromatic carbocycles. The number of hydrogen-bond acceptors (Lipinski definition) is 2. The second-order valence-corrected chi connectivity index (χ2v) is 6.23. The first-order chi connectivity index (χ1) is 9.42. The summed E-state index contributed by atoms with van der Waals surface area (Å²) < 4.78 is 52.7. The van der Waals surface area contributed by atoms with Crippen LogP contribution in [0.5, 0.6) is 0 Å². The van der Waals surface area contributed by atoms with E-state index in [9.17, 15) is 17.2 Å². The Kier molecular flexibility index (Phi) is 4.39. The Morgan fingerprint density at radius 3 is 2.50 bits per heavy atom. The molecule has 0 unspecified atom stereocenters. The molecule has 0 saturated carbocycles. The molecule has 0 aromatic heterocycles. The lowest BCUT2D eigenvalue weighted by Gasteiger charge is -2.09. The average Bonchev–Trinajstić information content (AvgIpc) is 2.37. The van der Waals surface area contributed by atoms with E-state index in [0.29, 0.717) is 17.1 Å². The van der Waals surface area contributed by atoms with Gasteiger partial charge in [-0.2, -0.15) is 0 Å². The van der Waals surface area contributed by atoms with Crippen molar-refractivity contribution in [1.29, 1.82) is 0 Å². The molecule has 0 aliphatic heterocycles. The van der Waals surface area contributed by atoms with Crippen LogP contribution in [0.15, 0.2) is 47.4 Å². The van der Waals surface area contributed by atoms with E-state index in [2.05, 4.69) is 20.7 Å². The van der Waals surface area contributed by atoms with Crippen LogP contribution in [0.3, 0.4) is 0 Å². The lowest BCUT2D eigenvalue weighted by molar-refractivity contribution is 0.551. The quantitative estimate of drug-likeness (QED) is 0.844. The lowest BCUT2D eigenvalue weighted by atomic mass is 10.2. The van der Waals surface area contributed by atoms with E-state index < -0.39 is 26.6 Å². The Hall–Kier alpha value is -1.47. The molecule has 0 saturated heterocycles. The van der Waals surface area contributed by atoms with Crippen LogP contribution in [0.1, 0.15) is 5.56 Å². The van der Waals surface area contributed by atoms with Crippen LogP contribution in [0.25, 0.3) is 0 Å². The monoisotopic (exact) mass is 361 g/mol. The van der Waals surface area contributed by atoms with Gasteiger partial charge in [-0.05, 0) is 29.8 Å². The van der Waals surface area contributed by atoms with Gasteiger partial charge in [0.15, 0.2) is 0 Å². The summed E-state index contributed by atoms with van der Waals surface area (Å²) in [5.41, 5.74) is 1.18. The second kappa shape index (κ2) is 5.88. The molecule has 0 aliphatic carbocycles. The Balaban J connectivity index is 2.35. The van der Waals surface area contributed by atoms with Crippen LogP contribution in [0, 0.1) is 11.6 Å². The maximum absolute atomic E-state index is 13.5. The summed E-state index contributed by atoms with van der Waals surface area (Å²) in [6.45, 7) is 0. The molecule has 0 spiro atoms. The molecule has 0 heterocycles. The molecule has 106 valence electrons. The fraction of sp³-hybridized carbons (Fsp3) is 0.0769. The van der Waals surface area contributed by atoms with Crippen molar-refractivity contribution in [2.24, 2.45) is 0 Å². The Labute approximate surface area is 123 Å². The molecule has 0 aliphatic rings. The summed E-state index contributed by atoms with van der Waals surface area (Å²) in [6.07, 6.45) is 0. The van der Waals surface area contributed by atoms with E-state index in [1.807, 2.05) is 6.07 Å². The summed E-state index contributed by atoms with van der Waals surface area (Å²) >= 11 is 3.26. The molecule has 0 fully saturated rings. The van der Waals surface area contributed by atoms with Crippen molar-refractivity contribution in [3.8, 4) is 0 Å². The van der Waals surface area contributed by atoms with Crippen LogP contribution in [-0.2, 0) is 15.4 Å². The van der Waals surface area contributed by atoms with E-state index in [1.165, 1.54) is 0 Å². The number of hydrogen-bond donors (Lipinski definition) is 1. The fourth-order valence-corrected chi connectivity index (χ4v) is 3.08. The molecule has 2 aromatic rings. The maximum Gasteiger partial charge on any atom is 0.264 e. The second-order valence-electron chi connectivity index (χ2n) is 4.01. The molecule has 7 heteroatoms. The number of anilines is 1. The van der Waals surface area contributed by atoms with Gasteiger partial charge in [0.2, 0.25) is 0 Å². The zero-order valence-electron chi connectivity index (χ0n) is 10.1. The topological polar surface area (TPSA) is 46.2 Å². The highest BCUT2D eigenvalue weighted by Gasteiger charge is 2.19. The van der Waals surface area contributed by atoms with Gasteiger partial charge in [0.05, 0.1) is 0 Å². The number of halogens is 3. The Bertz CT molecular complexity index is 735. The van der Waals surface area contributed by atoms with Crippen LogP contribution in [0.2, 0.25) is 0 Å². The zero-order valence-corrected chi connectivity index (χ0v) is 12.5. The van der Waals surface area contributed by atoms with Crippen molar-refractivity contribution in [3.05, 3.63) is 59.7 Å². The van der Waals surface area contributed by atoms with E-state index in [1.54, 1.807) is 18.2 Å². The van der Waals surface area contributed by atoms with Gasteiger partial charge in [0.1, 0.15) is 16.5 Å². The third-order valence-electron chi connectivity index (χ3n) is 2.52. The highest BCUT2D eigenvalue weighted by atomic mass is 79.9. The molecule has 0 radical (unpaired) electrons. The molecule has 0 atom stereocenters. The first-order valence-corrected chi connectivity index (χ1v) is 8.15. The van der Waals surface area contributed by atoms with Gasteiger partial charge >= 0.3 is 0 Å². The van der Waals surface area contributed by atoms with E-state index in [4.69, 9.17) is 0 Å². The summed E-state index contributed by atoms with van der Waals surface area (Å²) in [7, 11) is -4.09. The largest absolute Gasteiger partial charge is 0.280 e. The van der Waals surface area contributed by atoms with Crippen molar-refractivity contribution < 1.29 is 17.2 Å². The Morgan fingerprint density at radius 1 is 1.10 bits per heavy atom. The molecule has 0 amide bonds. The summed E-state index contributed by atoms with van der Waals surface area (Å²) in [5.74, 6) is -1.96. The molecule has 0 bridgehead atoms. The predicted molar refractivity (Wildman–Crippen MR) is 76.2 cm³/mol. The third-order valence-corrected chi connectivity index (χ3v) is 4.58.